The quantitative estimate of drug-likeness (QED) is 0.881. The van der Waals surface area contributed by atoms with Gasteiger partial charge in [-0.3, -0.25) is 9.48 Å². The van der Waals surface area contributed by atoms with Gasteiger partial charge in [0.15, 0.2) is 0 Å². The summed E-state index contributed by atoms with van der Waals surface area (Å²) in [5.74, 6) is -1.16. The van der Waals surface area contributed by atoms with E-state index in [4.69, 9.17) is 0 Å². The molecule has 0 radical (unpaired) electrons. The van der Waals surface area contributed by atoms with Gasteiger partial charge in [0, 0.05) is 19.8 Å². The van der Waals surface area contributed by atoms with Crippen molar-refractivity contribution in [1.82, 2.24) is 14.7 Å². The summed E-state index contributed by atoms with van der Waals surface area (Å²) < 4.78 is 1.60. The second-order valence-electron chi connectivity index (χ2n) is 5.06. The molecule has 1 saturated heterocycles. The van der Waals surface area contributed by atoms with Gasteiger partial charge in [-0.25, -0.2) is 4.79 Å². The Balaban J connectivity index is 2.30. The topological polar surface area (TPSA) is 75.4 Å². The molecule has 104 valence electrons. The highest BCUT2D eigenvalue weighted by atomic mass is 16.4. The molecule has 1 fully saturated rings. The highest BCUT2D eigenvalue weighted by Gasteiger charge is 2.40. The highest BCUT2D eigenvalue weighted by Crippen LogP contribution is 2.26. The van der Waals surface area contributed by atoms with Crippen molar-refractivity contribution in [2.75, 3.05) is 6.54 Å². The van der Waals surface area contributed by atoms with Crippen molar-refractivity contribution in [1.29, 1.82) is 0 Å². The molecule has 2 atom stereocenters. The Bertz CT molecular complexity index is 509. The molecular formula is C13H19N3O3. The van der Waals surface area contributed by atoms with Crippen LogP contribution in [0.4, 0.5) is 0 Å². The molecule has 6 nitrogen and oxygen atoms in total. The summed E-state index contributed by atoms with van der Waals surface area (Å²) in [6, 6.07) is -0.725. The molecule has 0 saturated carbocycles. The Labute approximate surface area is 112 Å². The highest BCUT2D eigenvalue weighted by molar-refractivity contribution is 5.97. The van der Waals surface area contributed by atoms with E-state index in [1.165, 1.54) is 4.90 Å². The Morgan fingerprint density at radius 1 is 1.53 bits per heavy atom. The van der Waals surface area contributed by atoms with Gasteiger partial charge in [-0.05, 0) is 18.8 Å². The maximum Gasteiger partial charge on any atom is 0.326 e. The first-order valence-corrected chi connectivity index (χ1v) is 6.52. The van der Waals surface area contributed by atoms with Crippen LogP contribution >= 0.6 is 0 Å². The summed E-state index contributed by atoms with van der Waals surface area (Å²) in [5, 5.41) is 13.5. The number of hydrogen-bond donors (Lipinski definition) is 1. The van der Waals surface area contributed by atoms with Crippen LogP contribution in [0.1, 0.15) is 36.3 Å². The molecule has 2 heterocycles. The van der Waals surface area contributed by atoms with Crippen molar-refractivity contribution in [3.05, 3.63) is 17.5 Å². The standard InChI is InChI=1S/C13H19N3O3/c1-4-10-9(7-15(3)14-10)12(17)16-6-5-8(2)11(16)13(18)19/h7-8,11H,4-6H2,1-3H3,(H,18,19). The van der Waals surface area contributed by atoms with Crippen molar-refractivity contribution in [2.24, 2.45) is 13.0 Å². The van der Waals surface area contributed by atoms with Gasteiger partial charge in [0.25, 0.3) is 5.91 Å². The number of hydrogen-bond acceptors (Lipinski definition) is 3. The number of aliphatic carboxylic acids is 1. The average molecular weight is 265 g/mol. The van der Waals surface area contributed by atoms with Gasteiger partial charge < -0.3 is 10.0 Å². The fourth-order valence-electron chi connectivity index (χ4n) is 2.68. The van der Waals surface area contributed by atoms with Gasteiger partial charge in [0.2, 0.25) is 0 Å². The van der Waals surface area contributed by atoms with E-state index in [9.17, 15) is 14.7 Å². The summed E-state index contributed by atoms with van der Waals surface area (Å²) in [6.07, 6.45) is 3.05. The maximum atomic E-state index is 12.5. The van der Waals surface area contributed by atoms with Crippen LogP contribution in [0, 0.1) is 5.92 Å². The lowest BCUT2D eigenvalue weighted by molar-refractivity contribution is -0.142. The number of carbonyl (C=O) groups excluding carboxylic acids is 1. The summed E-state index contributed by atoms with van der Waals surface area (Å²) in [4.78, 5) is 25.3. The van der Waals surface area contributed by atoms with Crippen LogP contribution in [0.25, 0.3) is 0 Å². The molecule has 1 aromatic rings. The minimum atomic E-state index is -0.930. The number of likely N-dealkylation sites (tertiary alicyclic amines) is 1. The number of carboxylic acid groups (broad SMARTS) is 1. The Morgan fingerprint density at radius 3 is 2.79 bits per heavy atom. The van der Waals surface area contributed by atoms with Gasteiger partial charge >= 0.3 is 5.97 Å². The van der Waals surface area contributed by atoms with E-state index in [1.807, 2.05) is 13.8 Å². The Morgan fingerprint density at radius 2 is 2.21 bits per heavy atom. The molecule has 0 bridgehead atoms. The monoisotopic (exact) mass is 265 g/mol. The van der Waals surface area contributed by atoms with Crippen LogP contribution in [0.3, 0.4) is 0 Å². The summed E-state index contributed by atoms with van der Waals surface area (Å²) in [6.45, 7) is 4.30. The zero-order valence-electron chi connectivity index (χ0n) is 11.5. The molecule has 0 spiro atoms. The first kappa shape index (κ1) is 13.6. The van der Waals surface area contributed by atoms with Crippen LogP contribution < -0.4 is 0 Å². The van der Waals surface area contributed by atoms with E-state index in [1.54, 1.807) is 17.9 Å². The van der Waals surface area contributed by atoms with Crippen LogP contribution in [0.2, 0.25) is 0 Å². The molecule has 19 heavy (non-hydrogen) atoms. The summed E-state index contributed by atoms with van der Waals surface area (Å²) in [5.41, 5.74) is 1.24. The van der Waals surface area contributed by atoms with Gasteiger partial charge in [0.1, 0.15) is 6.04 Å². The maximum absolute atomic E-state index is 12.5. The van der Waals surface area contributed by atoms with Crippen molar-refractivity contribution in [3.63, 3.8) is 0 Å². The second-order valence-corrected chi connectivity index (χ2v) is 5.06. The lowest BCUT2D eigenvalue weighted by atomic mass is 10.0. The van der Waals surface area contributed by atoms with Crippen LogP contribution in [-0.2, 0) is 18.3 Å². The van der Waals surface area contributed by atoms with Crippen LogP contribution in [-0.4, -0.2) is 44.3 Å². The molecule has 2 unspecified atom stereocenters. The lowest BCUT2D eigenvalue weighted by Gasteiger charge is -2.23. The van der Waals surface area contributed by atoms with E-state index < -0.39 is 12.0 Å². The van der Waals surface area contributed by atoms with E-state index in [0.717, 1.165) is 12.1 Å². The van der Waals surface area contributed by atoms with Gasteiger partial charge in [-0.2, -0.15) is 5.10 Å². The van der Waals surface area contributed by atoms with E-state index >= 15 is 0 Å². The predicted octanol–water partition coefficient (Wildman–Crippen LogP) is 0.918. The minimum absolute atomic E-state index is 0.0109. The molecular weight excluding hydrogens is 246 g/mol. The Kier molecular flexibility index (Phi) is 3.59. The number of amides is 1. The van der Waals surface area contributed by atoms with Crippen LogP contribution in [0.5, 0.6) is 0 Å². The van der Waals surface area contributed by atoms with Crippen molar-refractivity contribution < 1.29 is 14.7 Å². The fourth-order valence-corrected chi connectivity index (χ4v) is 2.68. The SMILES string of the molecule is CCc1nn(C)cc1C(=O)N1CCC(C)C1C(=O)O. The van der Waals surface area contributed by atoms with E-state index in [2.05, 4.69) is 5.10 Å². The lowest BCUT2D eigenvalue weighted by Crippen LogP contribution is -2.42. The van der Waals surface area contributed by atoms with Crippen molar-refractivity contribution >= 4 is 11.9 Å². The minimum Gasteiger partial charge on any atom is -0.480 e. The summed E-state index contributed by atoms with van der Waals surface area (Å²) >= 11 is 0. The van der Waals surface area contributed by atoms with Gasteiger partial charge in [-0.1, -0.05) is 13.8 Å². The van der Waals surface area contributed by atoms with Crippen molar-refractivity contribution in [3.8, 4) is 0 Å². The number of carbonyl (C=O) groups is 2. The zero-order chi connectivity index (χ0) is 14.2. The number of aryl methyl sites for hydroxylation is 2. The molecule has 1 aliphatic rings. The smallest absolute Gasteiger partial charge is 0.326 e. The second kappa shape index (κ2) is 5.03. The van der Waals surface area contributed by atoms with E-state index in [-0.39, 0.29) is 11.8 Å². The van der Waals surface area contributed by atoms with Crippen molar-refractivity contribution in [2.45, 2.75) is 32.7 Å². The number of nitrogens with zero attached hydrogens (tertiary/aromatic N) is 3. The number of aromatic nitrogens is 2. The van der Waals surface area contributed by atoms with E-state index in [0.29, 0.717) is 18.5 Å². The van der Waals surface area contributed by atoms with Crippen LogP contribution in [0.15, 0.2) is 6.20 Å². The third kappa shape index (κ3) is 2.34. The molecule has 1 amide bonds. The fraction of sp³-hybridized carbons (Fsp3) is 0.615. The largest absolute Gasteiger partial charge is 0.480 e. The molecule has 6 heteroatoms. The van der Waals surface area contributed by atoms with Gasteiger partial charge in [0.05, 0.1) is 11.3 Å². The first-order chi connectivity index (χ1) is 8.95. The normalized spacial score (nSPS) is 22.8. The molecule has 0 aromatic carbocycles. The first-order valence-electron chi connectivity index (χ1n) is 6.52. The molecule has 2 rings (SSSR count). The molecule has 1 N–H and O–H groups in total. The number of rotatable bonds is 3. The number of carboxylic acids is 1. The molecule has 1 aromatic heterocycles. The third-order valence-electron chi connectivity index (χ3n) is 3.68. The molecule has 0 aliphatic carbocycles. The third-order valence-corrected chi connectivity index (χ3v) is 3.68. The Hall–Kier alpha value is -1.85. The average Bonchev–Trinajstić information content (AvgIpc) is 2.91. The zero-order valence-corrected chi connectivity index (χ0v) is 11.5. The predicted molar refractivity (Wildman–Crippen MR) is 68.8 cm³/mol. The van der Waals surface area contributed by atoms with Gasteiger partial charge in [-0.15, -0.1) is 0 Å². The molecule has 1 aliphatic heterocycles. The summed E-state index contributed by atoms with van der Waals surface area (Å²) in [7, 11) is 1.76.